The van der Waals surface area contributed by atoms with Gasteiger partial charge < -0.3 is 11.1 Å². The Kier molecular flexibility index (Phi) is 4.04. The number of nitrogens with zero attached hydrogens (tertiary/aromatic N) is 1. The van der Waals surface area contributed by atoms with Crippen molar-refractivity contribution in [1.29, 1.82) is 0 Å². The second kappa shape index (κ2) is 4.61. The van der Waals surface area contributed by atoms with Crippen LogP contribution in [0.2, 0.25) is 0 Å². The number of nitrogens with two attached hydrogens (primary N) is 1. The van der Waals surface area contributed by atoms with Crippen molar-refractivity contribution in [3.8, 4) is 0 Å². The number of nitrogens with one attached hydrogen (secondary N) is 1. The largest absolute Gasteiger partial charge is 0.385 e. The van der Waals surface area contributed by atoms with Gasteiger partial charge in [-0.2, -0.15) is 0 Å². The van der Waals surface area contributed by atoms with E-state index >= 15 is 0 Å². The molecular weight excluding hydrogens is 126 g/mol. The smallest absolute Gasteiger partial charge is 0.146 e. The first-order chi connectivity index (χ1) is 4.76. The predicted molar refractivity (Wildman–Crippen MR) is 44.6 cm³/mol. The van der Waals surface area contributed by atoms with Crippen LogP contribution in [0.5, 0.6) is 0 Å². The lowest BCUT2D eigenvalue weighted by molar-refractivity contribution is 0.982. The summed E-state index contributed by atoms with van der Waals surface area (Å²) in [6.45, 7) is 5.37. The molecule has 0 heterocycles. The van der Waals surface area contributed by atoms with E-state index in [4.69, 9.17) is 5.73 Å². The molecule has 0 bridgehead atoms. The van der Waals surface area contributed by atoms with Crippen LogP contribution in [0.3, 0.4) is 0 Å². The van der Waals surface area contributed by atoms with Gasteiger partial charge in [0.2, 0.25) is 0 Å². The molecule has 0 aliphatic carbocycles. The second-order valence-corrected chi connectivity index (χ2v) is 1.64. The molecule has 0 amide bonds. The summed E-state index contributed by atoms with van der Waals surface area (Å²) < 4.78 is 0. The molecule has 0 spiro atoms. The topological polar surface area (TPSA) is 50.4 Å². The minimum Gasteiger partial charge on any atom is -0.385 e. The zero-order valence-electron chi connectivity index (χ0n) is 6.39. The molecule has 3 nitrogen and oxygen atoms in total. The molecule has 0 fully saturated rings. The van der Waals surface area contributed by atoms with E-state index in [1.165, 1.54) is 0 Å². The number of likely N-dealkylation sites (N-methyl/N-ethyl adjacent to an activating group) is 1. The normalized spacial score (nSPS) is 13.0. The zero-order valence-corrected chi connectivity index (χ0v) is 6.39. The summed E-state index contributed by atoms with van der Waals surface area (Å²) in [5.41, 5.74) is 6.25. The Balaban J connectivity index is 4.42. The molecule has 0 aliphatic rings. The minimum absolute atomic E-state index is 0.458. The van der Waals surface area contributed by atoms with Crippen LogP contribution in [0, 0.1) is 0 Å². The van der Waals surface area contributed by atoms with Crippen molar-refractivity contribution >= 4 is 6.21 Å². The number of hydrogen-bond acceptors (Lipinski definition) is 3. The van der Waals surface area contributed by atoms with Gasteiger partial charge >= 0.3 is 0 Å². The van der Waals surface area contributed by atoms with Crippen molar-refractivity contribution in [1.82, 2.24) is 5.32 Å². The standard InChI is InChI=1S/C7H13N3/c1-4-6(9-3)7(8)10-5-2/h4-5,9H,1,8H2,2-3H3/b7-6+,10-5-. The fourth-order valence-electron chi connectivity index (χ4n) is 0.543. The van der Waals surface area contributed by atoms with Gasteiger partial charge in [0.05, 0.1) is 5.70 Å². The summed E-state index contributed by atoms with van der Waals surface area (Å²) in [4.78, 5) is 3.87. The van der Waals surface area contributed by atoms with Crippen molar-refractivity contribution in [3.63, 3.8) is 0 Å². The molecule has 3 N–H and O–H groups in total. The molecule has 0 aromatic carbocycles. The van der Waals surface area contributed by atoms with Gasteiger partial charge in [-0.3, -0.25) is 0 Å². The Labute approximate surface area is 61.3 Å². The van der Waals surface area contributed by atoms with E-state index in [1.807, 2.05) is 6.92 Å². The van der Waals surface area contributed by atoms with Crippen LogP contribution < -0.4 is 11.1 Å². The first-order valence-electron chi connectivity index (χ1n) is 3.04. The first kappa shape index (κ1) is 8.75. The highest BCUT2D eigenvalue weighted by atomic mass is 15.0. The van der Waals surface area contributed by atoms with E-state index in [2.05, 4.69) is 16.9 Å². The molecule has 0 unspecified atom stereocenters. The molecule has 56 valence electrons. The number of hydrogen-bond donors (Lipinski definition) is 2. The van der Waals surface area contributed by atoms with Crippen LogP contribution >= 0.6 is 0 Å². The van der Waals surface area contributed by atoms with Crippen molar-refractivity contribution in [2.24, 2.45) is 10.7 Å². The highest BCUT2D eigenvalue weighted by molar-refractivity contribution is 5.55. The maximum absolute atomic E-state index is 5.50. The van der Waals surface area contributed by atoms with E-state index < -0.39 is 0 Å². The molecule has 0 aromatic heterocycles. The summed E-state index contributed by atoms with van der Waals surface area (Å²) in [5, 5.41) is 2.86. The molecular formula is C7H13N3. The van der Waals surface area contributed by atoms with Gasteiger partial charge in [0.25, 0.3) is 0 Å². The van der Waals surface area contributed by atoms with Gasteiger partial charge in [-0.1, -0.05) is 6.58 Å². The van der Waals surface area contributed by atoms with Gasteiger partial charge in [0, 0.05) is 13.3 Å². The van der Waals surface area contributed by atoms with Crippen LogP contribution in [0.4, 0.5) is 0 Å². The van der Waals surface area contributed by atoms with E-state index in [1.54, 1.807) is 19.3 Å². The van der Waals surface area contributed by atoms with Crippen LogP contribution in [0.1, 0.15) is 6.92 Å². The molecule has 0 atom stereocenters. The van der Waals surface area contributed by atoms with Crippen molar-refractivity contribution < 1.29 is 0 Å². The monoisotopic (exact) mass is 139 g/mol. The van der Waals surface area contributed by atoms with Crippen LogP contribution in [0.15, 0.2) is 29.2 Å². The fraction of sp³-hybridized carbons (Fsp3) is 0.286. The van der Waals surface area contributed by atoms with Gasteiger partial charge in [-0.15, -0.1) is 0 Å². The third-order valence-corrected chi connectivity index (χ3v) is 1.02. The Morgan fingerprint density at radius 3 is 2.60 bits per heavy atom. The van der Waals surface area contributed by atoms with E-state index in [-0.39, 0.29) is 0 Å². The summed E-state index contributed by atoms with van der Waals surface area (Å²) in [5.74, 6) is 0.458. The van der Waals surface area contributed by atoms with Gasteiger partial charge in [0.15, 0.2) is 0 Å². The summed E-state index contributed by atoms with van der Waals surface area (Å²) in [7, 11) is 1.77. The highest BCUT2D eigenvalue weighted by Crippen LogP contribution is 1.94. The Morgan fingerprint density at radius 2 is 2.30 bits per heavy atom. The maximum atomic E-state index is 5.50. The van der Waals surface area contributed by atoms with E-state index in [9.17, 15) is 0 Å². The molecule has 0 saturated heterocycles. The fourth-order valence-corrected chi connectivity index (χ4v) is 0.543. The van der Waals surface area contributed by atoms with Crippen LogP contribution in [-0.2, 0) is 0 Å². The van der Waals surface area contributed by atoms with Crippen molar-refractivity contribution in [3.05, 3.63) is 24.2 Å². The van der Waals surface area contributed by atoms with Crippen LogP contribution in [-0.4, -0.2) is 13.3 Å². The third-order valence-electron chi connectivity index (χ3n) is 1.02. The average Bonchev–Trinajstić information content (AvgIpc) is 1.91. The Morgan fingerprint density at radius 1 is 1.70 bits per heavy atom. The van der Waals surface area contributed by atoms with E-state index in [0.29, 0.717) is 5.82 Å². The summed E-state index contributed by atoms with van der Waals surface area (Å²) in [6.07, 6.45) is 3.26. The molecule has 0 aliphatic heterocycles. The number of allylic oxidation sites excluding steroid dienone is 1. The predicted octanol–water partition coefficient (Wildman–Crippen LogP) is 0.610. The number of rotatable bonds is 3. The lowest BCUT2D eigenvalue weighted by atomic mass is 10.4. The highest BCUT2D eigenvalue weighted by Gasteiger charge is 1.90. The molecule has 0 saturated carbocycles. The van der Waals surface area contributed by atoms with Gasteiger partial charge in [-0.05, 0) is 13.0 Å². The summed E-state index contributed by atoms with van der Waals surface area (Å²) >= 11 is 0. The molecule has 3 heteroatoms. The van der Waals surface area contributed by atoms with Crippen molar-refractivity contribution in [2.45, 2.75) is 6.92 Å². The number of aliphatic imine (C=N–C) groups is 1. The Hall–Kier alpha value is -1.25. The quantitative estimate of drug-likeness (QED) is 0.444. The van der Waals surface area contributed by atoms with E-state index in [0.717, 1.165) is 5.70 Å². The molecule has 0 aromatic rings. The minimum atomic E-state index is 0.458. The summed E-state index contributed by atoms with van der Waals surface area (Å²) in [6, 6.07) is 0. The van der Waals surface area contributed by atoms with Gasteiger partial charge in [0.1, 0.15) is 5.82 Å². The molecule has 0 rings (SSSR count). The SMILES string of the molecule is C=C/C(NC)=C(N)\N=C/C. The lowest BCUT2D eigenvalue weighted by Gasteiger charge is -2.00. The second-order valence-electron chi connectivity index (χ2n) is 1.64. The third kappa shape index (κ3) is 2.35. The Bertz CT molecular complexity index is 168. The zero-order chi connectivity index (χ0) is 7.98. The maximum Gasteiger partial charge on any atom is 0.146 e. The van der Waals surface area contributed by atoms with Crippen molar-refractivity contribution in [2.75, 3.05) is 7.05 Å². The first-order valence-corrected chi connectivity index (χ1v) is 3.04. The molecule has 0 radical (unpaired) electrons. The average molecular weight is 139 g/mol. The van der Waals surface area contributed by atoms with Crippen LogP contribution in [0.25, 0.3) is 0 Å². The lowest BCUT2D eigenvalue weighted by Crippen LogP contribution is -2.10. The van der Waals surface area contributed by atoms with Gasteiger partial charge in [-0.25, -0.2) is 4.99 Å². The molecule has 10 heavy (non-hydrogen) atoms.